The number of nitrogens with one attached hydrogen (secondary N) is 1. The highest BCUT2D eigenvalue weighted by Gasteiger charge is 2.16. The predicted molar refractivity (Wildman–Crippen MR) is 75.0 cm³/mol. The molecule has 1 aromatic carbocycles. The Morgan fingerprint density at radius 1 is 1.25 bits per heavy atom. The number of hydrogen-bond acceptors (Lipinski definition) is 3. The third-order valence-corrected chi connectivity index (χ3v) is 2.90. The molecule has 0 saturated carbocycles. The van der Waals surface area contributed by atoms with Crippen LogP contribution in [-0.4, -0.2) is 22.0 Å². The number of nitrogens with zero attached hydrogens (tertiary/aromatic N) is 1. The lowest BCUT2D eigenvalue weighted by Gasteiger charge is -2.09. The molecule has 0 aliphatic carbocycles. The minimum Gasteiger partial charge on any atom is -0.478 e. The van der Waals surface area contributed by atoms with Gasteiger partial charge in [0.05, 0.1) is 17.1 Å². The van der Waals surface area contributed by atoms with Crippen molar-refractivity contribution < 1.29 is 14.7 Å². The molecule has 1 amide bonds. The van der Waals surface area contributed by atoms with Gasteiger partial charge in [-0.3, -0.25) is 9.78 Å². The minimum atomic E-state index is -1.19. The van der Waals surface area contributed by atoms with Crippen molar-refractivity contribution >= 4 is 29.2 Å². The largest absolute Gasteiger partial charge is 0.478 e. The Bertz CT molecular complexity index is 644. The Morgan fingerprint density at radius 2 is 2.05 bits per heavy atom. The molecule has 6 heteroatoms. The highest BCUT2D eigenvalue weighted by Crippen LogP contribution is 2.24. The van der Waals surface area contributed by atoms with Gasteiger partial charge in [-0.25, -0.2) is 4.79 Å². The Kier molecular flexibility index (Phi) is 4.32. The molecule has 1 aromatic heterocycles. The number of halogens is 1. The molecule has 0 saturated heterocycles. The first-order chi connectivity index (χ1) is 9.58. The zero-order valence-corrected chi connectivity index (χ0v) is 11.1. The summed E-state index contributed by atoms with van der Waals surface area (Å²) < 4.78 is 0. The van der Waals surface area contributed by atoms with E-state index in [1.54, 1.807) is 30.6 Å². The van der Waals surface area contributed by atoms with Gasteiger partial charge in [0.25, 0.3) is 0 Å². The number of hydrogen-bond donors (Lipinski definition) is 2. The van der Waals surface area contributed by atoms with E-state index in [0.29, 0.717) is 0 Å². The average molecular weight is 291 g/mol. The van der Waals surface area contributed by atoms with E-state index in [1.165, 1.54) is 12.1 Å². The van der Waals surface area contributed by atoms with Crippen molar-refractivity contribution in [2.45, 2.75) is 6.42 Å². The molecule has 2 aromatic rings. The topological polar surface area (TPSA) is 79.3 Å². The molecular formula is C14H11ClN2O3. The second kappa shape index (κ2) is 6.16. The van der Waals surface area contributed by atoms with Crippen LogP contribution in [0.25, 0.3) is 0 Å². The SMILES string of the molecule is O=C(Cc1cccnc1)Nc1cccc(Cl)c1C(=O)O. The summed E-state index contributed by atoms with van der Waals surface area (Å²) in [5.41, 5.74) is 0.802. The number of carbonyl (C=O) groups is 2. The van der Waals surface area contributed by atoms with Crippen molar-refractivity contribution in [2.24, 2.45) is 0 Å². The number of aromatic carboxylic acids is 1. The summed E-state index contributed by atoms with van der Waals surface area (Å²) in [7, 11) is 0. The van der Waals surface area contributed by atoms with E-state index in [-0.39, 0.29) is 28.6 Å². The Hall–Kier alpha value is -2.40. The molecule has 20 heavy (non-hydrogen) atoms. The van der Waals surface area contributed by atoms with Gasteiger partial charge in [0.15, 0.2) is 0 Å². The van der Waals surface area contributed by atoms with Crippen LogP contribution in [0.1, 0.15) is 15.9 Å². The van der Waals surface area contributed by atoms with Gasteiger partial charge in [-0.1, -0.05) is 23.7 Å². The molecule has 1 heterocycles. The van der Waals surface area contributed by atoms with Gasteiger partial charge in [0.1, 0.15) is 5.56 Å². The zero-order valence-electron chi connectivity index (χ0n) is 10.3. The molecule has 2 N–H and O–H groups in total. The van der Waals surface area contributed by atoms with Crippen LogP contribution in [0.3, 0.4) is 0 Å². The Balaban J connectivity index is 2.16. The molecule has 0 radical (unpaired) electrons. The molecule has 5 nitrogen and oxygen atoms in total. The van der Waals surface area contributed by atoms with Crippen LogP contribution in [0.15, 0.2) is 42.7 Å². The maximum Gasteiger partial charge on any atom is 0.339 e. The van der Waals surface area contributed by atoms with Gasteiger partial charge in [-0.05, 0) is 23.8 Å². The molecular weight excluding hydrogens is 280 g/mol. The van der Waals surface area contributed by atoms with Crippen LogP contribution in [0.2, 0.25) is 5.02 Å². The number of benzene rings is 1. The molecule has 0 atom stereocenters. The number of anilines is 1. The van der Waals surface area contributed by atoms with Crippen molar-refractivity contribution in [3.05, 3.63) is 58.9 Å². The number of carboxylic acids is 1. The lowest BCUT2D eigenvalue weighted by molar-refractivity contribution is -0.115. The van der Waals surface area contributed by atoms with E-state index < -0.39 is 5.97 Å². The van der Waals surface area contributed by atoms with Crippen molar-refractivity contribution in [3.8, 4) is 0 Å². The number of carboxylic acid groups (broad SMARTS) is 1. The number of rotatable bonds is 4. The first kappa shape index (κ1) is 14.0. The van der Waals surface area contributed by atoms with Crippen molar-refractivity contribution in [1.82, 2.24) is 4.98 Å². The number of carbonyl (C=O) groups excluding carboxylic acids is 1. The second-order valence-corrected chi connectivity index (χ2v) is 4.46. The van der Waals surface area contributed by atoms with Crippen LogP contribution < -0.4 is 5.32 Å². The summed E-state index contributed by atoms with van der Waals surface area (Å²) in [6.07, 6.45) is 3.30. The monoisotopic (exact) mass is 290 g/mol. The molecule has 102 valence electrons. The smallest absolute Gasteiger partial charge is 0.339 e. The van der Waals surface area contributed by atoms with Gasteiger partial charge in [0, 0.05) is 12.4 Å². The van der Waals surface area contributed by atoms with E-state index in [2.05, 4.69) is 10.3 Å². The predicted octanol–water partition coefficient (Wildman–Crippen LogP) is 2.61. The lowest BCUT2D eigenvalue weighted by atomic mass is 10.1. The molecule has 0 fully saturated rings. The number of pyridine rings is 1. The fraction of sp³-hybridized carbons (Fsp3) is 0.0714. The second-order valence-electron chi connectivity index (χ2n) is 4.05. The van der Waals surface area contributed by atoms with Crippen molar-refractivity contribution in [2.75, 3.05) is 5.32 Å². The molecule has 0 aliphatic rings. The van der Waals surface area contributed by atoms with Gasteiger partial charge in [0.2, 0.25) is 5.91 Å². The van der Waals surface area contributed by atoms with E-state index in [0.717, 1.165) is 5.56 Å². The maximum atomic E-state index is 11.9. The van der Waals surface area contributed by atoms with Crippen molar-refractivity contribution in [3.63, 3.8) is 0 Å². The quantitative estimate of drug-likeness (QED) is 0.907. The van der Waals surface area contributed by atoms with Gasteiger partial charge < -0.3 is 10.4 Å². The summed E-state index contributed by atoms with van der Waals surface area (Å²) in [5.74, 6) is -1.52. The fourth-order valence-electron chi connectivity index (χ4n) is 1.73. The molecule has 0 bridgehead atoms. The maximum absolute atomic E-state index is 11.9. The molecule has 0 unspecified atom stereocenters. The molecule has 0 aliphatic heterocycles. The normalized spacial score (nSPS) is 10.1. The lowest BCUT2D eigenvalue weighted by Crippen LogP contribution is -2.17. The highest BCUT2D eigenvalue weighted by atomic mass is 35.5. The zero-order chi connectivity index (χ0) is 14.5. The Morgan fingerprint density at radius 3 is 2.70 bits per heavy atom. The van der Waals surface area contributed by atoms with Crippen LogP contribution in [-0.2, 0) is 11.2 Å². The van der Waals surface area contributed by atoms with Gasteiger partial charge in [-0.2, -0.15) is 0 Å². The minimum absolute atomic E-state index is 0.0803. The van der Waals surface area contributed by atoms with E-state index in [1.807, 2.05) is 0 Å². The first-order valence-electron chi connectivity index (χ1n) is 5.78. The molecule has 0 spiro atoms. The molecule has 2 rings (SSSR count). The van der Waals surface area contributed by atoms with Crippen LogP contribution in [0.4, 0.5) is 5.69 Å². The highest BCUT2D eigenvalue weighted by molar-refractivity contribution is 6.34. The summed E-state index contributed by atoms with van der Waals surface area (Å²) in [4.78, 5) is 26.9. The van der Waals surface area contributed by atoms with Crippen molar-refractivity contribution in [1.29, 1.82) is 0 Å². The standard InChI is InChI=1S/C14H11ClN2O3/c15-10-4-1-5-11(13(10)14(19)20)17-12(18)7-9-3-2-6-16-8-9/h1-6,8H,7H2,(H,17,18)(H,19,20). The third kappa shape index (κ3) is 3.33. The number of amides is 1. The van der Waals surface area contributed by atoms with Crippen LogP contribution in [0, 0.1) is 0 Å². The fourth-order valence-corrected chi connectivity index (χ4v) is 1.98. The van der Waals surface area contributed by atoms with Gasteiger partial charge >= 0.3 is 5.97 Å². The third-order valence-electron chi connectivity index (χ3n) is 2.59. The van der Waals surface area contributed by atoms with Gasteiger partial charge in [-0.15, -0.1) is 0 Å². The summed E-state index contributed by atoms with van der Waals surface area (Å²) in [6, 6.07) is 8.03. The average Bonchev–Trinajstić information content (AvgIpc) is 2.39. The van der Waals surface area contributed by atoms with E-state index in [4.69, 9.17) is 16.7 Å². The Labute approximate surface area is 120 Å². The summed E-state index contributed by atoms with van der Waals surface area (Å²) in [5, 5.41) is 11.7. The van der Waals surface area contributed by atoms with E-state index in [9.17, 15) is 9.59 Å². The van der Waals surface area contributed by atoms with Crippen LogP contribution >= 0.6 is 11.6 Å². The summed E-state index contributed by atoms with van der Waals surface area (Å²) >= 11 is 5.83. The van der Waals surface area contributed by atoms with E-state index >= 15 is 0 Å². The van der Waals surface area contributed by atoms with Crippen LogP contribution in [0.5, 0.6) is 0 Å². The summed E-state index contributed by atoms with van der Waals surface area (Å²) in [6.45, 7) is 0. The first-order valence-corrected chi connectivity index (χ1v) is 6.16. The number of aromatic nitrogens is 1.